The molecular weight excluding hydrogens is 348 g/mol. The maximum Gasteiger partial charge on any atom is 0.291 e. The number of furan rings is 1. The summed E-state index contributed by atoms with van der Waals surface area (Å²) in [5.74, 6) is 1.02. The lowest BCUT2D eigenvalue weighted by Crippen LogP contribution is -2.23. The van der Waals surface area contributed by atoms with Gasteiger partial charge in [0.15, 0.2) is 5.76 Å². The Bertz CT molecular complexity index is 1370. The molecule has 0 spiro atoms. The molecular formula is C19H12N4O2S. The van der Waals surface area contributed by atoms with Gasteiger partial charge in [0.2, 0.25) is 10.8 Å². The number of aromatic nitrogens is 4. The van der Waals surface area contributed by atoms with Gasteiger partial charge in [-0.25, -0.2) is 0 Å². The summed E-state index contributed by atoms with van der Waals surface area (Å²) in [5.41, 5.74) is 2.42. The van der Waals surface area contributed by atoms with Crippen molar-refractivity contribution < 1.29 is 4.42 Å². The molecule has 5 aromatic rings. The van der Waals surface area contributed by atoms with Crippen LogP contribution in [0.3, 0.4) is 0 Å². The van der Waals surface area contributed by atoms with Crippen LogP contribution in [0.2, 0.25) is 0 Å². The Morgan fingerprint density at radius 1 is 1.19 bits per heavy atom. The number of pyridine rings is 1. The highest BCUT2D eigenvalue weighted by Gasteiger charge is 2.18. The standard InChI is InChI=1S/C19H12N4O2S/c1-11-13-6-2-3-7-14(13)25-16(11)17-21-19-23(22-17)18(24)15(26-19)9-12-5-4-8-20-10-12/h2-10H,1H3/b15-9-. The Hall–Kier alpha value is -3.32. The molecule has 0 aliphatic rings. The lowest BCUT2D eigenvalue weighted by atomic mass is 10.1. The Morgan fingerprint density at radius 3 is 2.85 bits per heavy atom. The fourth-order valence-corrected chi connectivity index (χ4v) is 3.84. The molecule has 0 bridgehead atoms. The second-order valence-corrected chi connectivity index (χ2v) is 6.89. The van der Waals surface area contributed by atoms with E-state index in [9.17, 15) is 4.79 Å². The van der Waals surface area contributed by atoms with Crippen molar-refractivity contribution in [2.75, 3.05) is 0 Å². The van der Waals surface area contributed by atoms with Gasteiger partial charge in [-0.1, -0.05) is 35.6 Å². The molecule has 0 saturated heterocycles. The van der Waals surface area contributed by atoms with Crippen molar-refractivity contribution in [3.05, 3.63) is 74.8 Å². The molecule has 0 radical (unpaired) electrons. The van der Waals surface area contributed by atoms with Gasteiger partial charge >= 0.3 is 0 Å². The third-order valence-electron chi connectivity index (χ3n) is 4.21. The van der Waals surface area contributed by atoms with Gasteiger partial charge in [0, 0.05) is 23.3 Å². The number of para-hydroxylation sites is 1. The number of fused-ring (bicyclic) bond motifs is 2. The van der Waals surface area contributed by atoms with E-state index in [4.69, 9.17) is 4.42 Å². The first-order valence-electron chi connectivity index (χ1n) is 8.00. The molecule has 0 aliphatic carbocycles. The maximum absolute atomic E-state index is 12.6. The van der Waals surface area contributed by atoms with E-state index >= 15 is 0 Å². The summed E-state index contributed by atoms with van der Waals surface area (Å²) in [4.78, 5) is 21.7. The lowest BCUT2D eigenvalue weighted by molar-refractivity contribution is 0.622. The van der Waals surface area contributed by atoms with Crippen molar-refractivity contribution in [1.29, 1.82) is 0 Å². The van der Waals surface area contributed by atoms with Crippen LogP contribution in [0.4, 0.5) is 0 Å². The molecule has 4 heterocycles. The van der Waals surface area contributed by atoms with Crippen molar-refractivity contribution in [3.63, 3.8) is 0 Å². The highest BCUT2D eigenvalue weighted by Crippen LogP contribution is 2.31. The van der Waals surface area contributed by atoms with Crippen LogP contribution >= 0.6 is 11.3 Å². The van der Waals surface area contributed by atoms with Gasteiger partial charge in [0.1, 0.15) is 5.58 Å². The van der Waals surface area contributed by atoms with Gasteiger partial charge in [0.05, 0.1) is 4.53 Å². The van der Waals surface area contributed by atoms with Gasteiger partial charge in [-0.2, -0.15) is 9.50 Å². The van der Waals surface area contributed by atoms with Crippen LogP contribution in [0, 0.1) is 6.92 Å². The van der Waals surface area contributed by atoms with Crippen molar-refractivity contribution in [3.8, 4) is 11.6 Å². The number of hydrogen-bond donors (Lipinski definition) is 0. The molecule has 126 valence electrons. The predicted octanol–water partition coefficient (Wildman–Crippen LogP) is 2.82. The second kappa shape index (κ2) is 5.60. The van der Waals surface area contributed by atoms with Crippen LogP contribution in [-0.4, -0.2) is 19.6 Å². The SMILES string of the molecule is Cc1c(-c2nc3s/c(=C\c4cccnc4)c(=O)n3n2)oc2ccccc12. The molecule has 5 rings (SSSR count). The largest absolute Gasteiger partial charge is 0.452 e. The van der Waals surface area contributed by atoms with Crippen molar-refractivity contribution >= 4 is 33.3 Å². The Kier molecular flexibility index (Phi) is 3.23. The minimum absolute atomic E-state index is 0.193. The van der Waals surface area contributed by atoms with Gasteiger partial charge in [0.25, 0.3) is 5.56 Å². The molecule has 0 saturated carbocycles. The first kappa shape index (κ1) is 15.0. The minimum Gasteiger partial charge on any atom is -0.452 e. The van der Waals surface area contributed by atoms with E-state index in [1.54, 1.807) is 18.5 Å². The normalized spacial score (nSPS) is 12.4. The summed E-state index contributed by atoms with van der Waals surface area (Å²) in [6.45, 7) is 1.97. The minimum atomic E-state index is -0.193. The topological polar surface area (TPSA) is 73.3 Å². The van der Waals surface area contributed by atoms with Crippen molar-refractivity contribution in [1.82, 2.24) is 19.6 Å². The average Bonchev–Trinajstić information content (AvgIpc) is 3.30. The van der Waals surface area contributed by atoms with Crippen LogP contribution < -0.4 is 10.1 Å². The third kappa shape index (κ3) is 2.25. The van der Waals surface area contributed by atoms with E-state index in [1.807, 2.05) is 43.3 Å². The van der Waals surface area contributed by atoms with Crippen molar-refractivity contribution in [2.45, 2.75) is 6.92 Å². The van der Waals surface area contributed by atoms with Crippen LogP contribution in [0.15, 0.2) is 58.0 Å². The summed E-state index contributed by atoms with van der Waals surface area (Å²) in [6.07, 6.45) is 5.20. The molecule has 0 atom stereocenters. The number of thiazole rings is 1. The maximum atomic E-state index is 12.6. The first-order valence-corrected chi connectivity index (χ1v) is 8.82. The number of hydrogen-bond acceptors (Lipinski definition) is 6. The lowest BCUT2D eigenvalue weighted by Gasteiger charge is -1.90. The van der Waals surface area contributed by atoms with E-state index in [2.05, 4.69) is 15.1 Å². The summed E-state index contributed by atoms with van der Waals surface area (Å²) < 4.78 is 7.80. The van der Waals surface area contributed by atoms with E-state index in [1.165, 1.54) is 15.9 Å². The fourth-order valence-electron chi connectivity index (χ4n) is 2.93. The monoisotopic (exact) mass is 360 g/mol. The smallest absolute Gasteiger partial charge is 0.291 e. The van der Waals surface area contributed by atoms with E-state index in [0.717, 1.165) is 22.1 Å². The predicted molar refractivity (Wildman–Crippen MR) is 100 cm³/mol. The molecule has 4 aromatic heterocycles. The molecule has 26 heavy (non-hydrogen) atoms. The van der Waals surface area contributed by atoms with Gasteiger partial charge < -0.3 is 4.42 Å². The van der Waals surface area contributed by atoms with E-state index in [0.29, 0.717) is 21.1 Å². The molecule has 0 aliphatic heterocycles. The Morgan fingerprint density at radius 2 is 2.08 bits per heavy atom. The Balaban J connectivity index is 1.67. The average molecular weight is 360 g/mol. The zero-order valence-electron chi connectivity index (χ0n) is 13.7. The molecule has 6 nitrogen and oxygen atoms in total. The summed E-state index contributed by atoms with van der Waals surface area (Å²) in [5, 5.41) is 5.40. The third-order valence-corrected chi connectivity index (χ3v) is 5.17. The van der Waals surface area contributed by atoms with Gasteiger partial charge in [-0.3, -0.25) is 9.78 Å². The number of nitrogens with zero attached hydrogens (tertiary/aromatic N) is 4. The van der Waals surface area contributed by atoms with Gasteiger partial charge in [-0.05, 0) is 30.7 Å². The second-order valence-electron chi connectivity index (χ2n) is 5.88. The highest BCUT2D eigenvalue weighted by atomic mass is 32.1. The van der Waals surface area contributed by atoms with Crippen LogP contribution in [0.25, 0.3) is 33.6 Å². The van der Waals surface area contributed by atoms with Crippen LogP contribution in [0.1, 0.15) is 11.1 Å². The fraction of sp³-hybridized carbons (Fsp3) is 0.0526. The highest BCUT2D eigenvalue weighted by molar-refractivity contribution is 7.15. The molecule has 7 heteroatoms. The first-order chi connectivity index (χ1) is 12.7. The molecule has 0 unspecified atom stereocenters. The zero-order chi connectivity index (χ0) is 17.7. The molecule has 1 aromatic carbocycles. The number of rotatable bonds is 2. The van der Waals surface area contributed by atoms with Crippen molar-refractivity contribution in [2.24, 2.45) is 0 Å². The van der Waals surface area contributed by atoms with E-state index in [-0.39, 0.29) is 5.56 Å². The molecule has 0 fully saturated rings. The zero-order valence-corrected chi connectivity index (χ0v) is 14.5. The summed E-state index contributed by atoms with van der Waals surface area (Å²) in [6, 6.07) is 11.5. The summed E-state index contributed by atoms with van der Waals surface area (Å²) >= 11 is 1.30. The van der Waals surface area contributed by atoms with Crippen LogP contribution in [-0.2, 0) is 0 Å². The quantitative estimate of drug-likeness (QED) is 0.484. The molecule has 0 amide bonds. The van der Waals surface area contributed by atoms with Gasteiger partial charge in [-0.15, -0.1) is 5.10 Å². The van der Waals surface area contributed by atoms with E-state index < -0.39 is 0 Å². The summed E-state index contributed by atoms with van der Waals surface area (Å²) in [7, 11) is 0. The number of aryl methyl sites for hydroxylation is 1. The Labute approximate surface area is 151 Å². The van der Waals surface area contributed by atoms with Crippen LogP contribution in [0.5, 0.6) is 0 Å². The molecule has 0 N–H and O–H groups in total. The number of benzene rings is 1.